The Bertz CT molecular complexity index is 609. The highest BCUT2D eigenvalue weighted by atomic mass is 16.4. The Labute approximate surface area is 110 Å². The van der Waals surface area contributed by atoms with Gasteiger partial charge in [-0.2, -0.15) is 5.10 Å². The van der Waals surface area contributed by atoms with Crippen molar-refractivity contribution in [1.82, 2.24) is 4.98 Å². The molecule has 0 aliphatic rings. The molecule has 19 heavy (non-hydrogen) atoms. The zero-order valence-electron chi connectivity index (χ0n) is 10.4. The van der Waals surface area contributed by atoms with Crippen molar-refractivity contribution in [1.29, 1.82) is 0 Å². The molecule has 0 unspecified atom stereocenters. The van der Waals surface area contributed by atoms with Crippen molar-refractivity contribution >= 4 is 17.4 Å². The summed E-state index contributed by atoms with van der Waals surface area (Å²) in [5.74, 6) is -0.960. The fourth-order valence-corrected chi connectivity index (χ4v) is 1.53. The molecule has 1 heterocycles. The van der Waals surface area contributed by atoms with Crippen molar-refractivity contribution in [2.24, 2.45) is 5.10 Å². The number of anilines is 1. The number of carbonyl (C=O) groups is 1. The quantitative estimate of drug-likeness (QED) is 0.650. The minimum Gasteiger partial charge on any atom is -0.478 e. The molecular formula is C14H13N3O2. The van der Waals surface area contributed by atoms with E-state index < -0.39 is 5.97 Å². The standard InChI is InChI=1S/C14H13N3O2/c1-10(11-5-7-15-8-6-11)16-17-13-4-2-3-12(9-13)14(18)19/h2-9,17H,1H3,(H,18,19)/b16-10+. The van der Waals surface area contributed by atoms with Crippen molar-refractivity contribution in [3.63, 3.8) is 0 Å². The molecule has 0 atom stereocenters. The van der Waals surface area contributed by atoms with Crippen LogP contribution in [-0.4, -0.2) is 21.8 Å². The minimum absolute atomic E-state index is 0.224. The lowest BCUT2D eigenvalue weighted by atomic mass is 10.2. The van der Waals surface area contributed by atoms with Crippen molar-refractivity contribution in [2.45, 2.75) is 6.92 Å². The van der Waals surface area contributed by atoms with E-state index in [-0.39, 0.29) is 5.56 Å². The van der Waals surface area contributed by atoms with Crippen LogP contribution in [-0.2, 0) is 0 Å². The molecule has 96 valence electrons. The lowest BCUT2D eigenvalue weighted by molar-refractivity contribution is 0.0697. The predicted molar refractivity (Wildman–Crippen MR) is 73.5 cm³/mol. The molecule has 0 radical (unpaired) electrons. The fraction of sp³-hybridized carbons (Fsp3) is 0.0714. The Balaban J connectivity index is 2.14. The van der Waals surface area contributed by atoms with Crippen molar-refractivity contribution in [3.8, 4) is 0 Å². The van der Waals surface area contributed by atoms with E-state index in [9.17, 15) is 4.79 Å². The van der Waals surface area contributed by atoms with E-state index >= 15 is 0 Å². The number of aromatic carboxylic acids is 1. The molecule has 1 aromatic carbocycles. The normalized spacial score (nSPS) is 11.1. The first-order chi connectivity index (χ1) is 9.16. The van der Waals surface area contributed by atoms with Crippen LogP contribution >= 0.6 is 0 Å². The van der Waals surface area contributed by atoms with Crippen LogP contribution in [0.3, 0.4) is 0 Å². The van der Waals surface area contributed by atoms with Crippen LogP contribution in [0.25, 0.3) is 0 Å². The number of carboxylic acids is 1. The first kappa shape index (κ1) is 12.8. The third-order valence-electron chi connectivity index (χ3n) is 2.56. The van der Waals surface area contributed by atoms with Gasteiger partial charge in [-0.25, -0.2) is 4.79 Å². The zero-order valence-corrected chi connectivity index (χ0v) is 10.4. The smallest absolute Gasteiger partial charge is 0.335 e. The van der Waals surface area contributed by atoms with Gasteiger partial charge in [0, 0.05) is 18.0 Å². The summed E-state index contributed by atoms with van der Waals surface area (Å²) in [6.45, 7) is 1.86. The van der Waals surface area contributed by atoms with Gasteiger partial charge in [0.05, 0.1) is 17.0 Å². The maximum absolute atomic E-state index is 10.8. The molecule has 0 amide bonds. The van der Waals surface area contributed by atoms with Gasteiger partial charge in [-0.05, 0) is 37.3 Å². The molecule has 2 N–H and O–H groups in total. The predicted octanol–water partition coefficient (Wildman–Crippen LogP) is 2.62. The first-order valence-corrected chi connectivity index (χ1v) is 5.71. The summed E-state index contributed by atoms with van der Waals surface area (Å²) in [6.07, 6.45) is 3.39. The summed E-state index contributed by atoms with van der Waals surface area (Å²) in [5.41, 5.74) is 5.45. The number of hydrazone groups is 1. The molecule has 0 saturated carbocycles. The van der Waals surface area contributed by atoms with Gasteiger partial charge in [-0.3, -0.25) is 10.4 Å². The Morgan fingerprint density at radius 1 is 1.21 bits per heavy atom. The second kappa shape index (κ2) is 5.77. The van der Waals surface area contributed by atoms with Gasteiger partial charge in [0.25, 0.3) is 0 Å². The van der Waals surface area contributed by atoms with E-state index in [4.69, 9.17) is 5.11 Å². The zero-order chi connectivity index (χ0) is 13.7. The molecule has 2 aromatic rings. The number of nitrogens with one attached hydrogen (secondary N) is 1. The molecule has 0 aliphatic heterocycles. The topological polar surface area (TPSA) is 74.6 Å². The Kier molecular flexibility index (Phi) is 3.87. The van der Waals surface area contributed by atoms with Gasteiger partial charge < -0.3 is 5.11 Å². The fourth-order valence-electron chi connectivity index (χ4n) is 1.53. The summed E-state index contributed by atoms with van der Waals surface area (Å²) in [4.78, 5) is 14.8. The Morgan fingerprint density at radius 3 is 2.63 bits per heavy atom. The number of rotatable bonds is 4. The van der Waals surface area contributed by atoms with Crippen molar-refractivity contribution in [2.75, 3.05) is 5.43 Å². The summed E-state index contributed by atoms with van der Waals surface area (Å²) in [5, 5.41) is 13.1. The maximum Gasteiger partial charge on any atom is 0.335 e. The second-order valence-electron chi connectivity index (χ2n) is 3.93. The number of benzene rings is 1. The van der Waals surface area contributed by atoms with Crippen LogP contribution in [0.2, 0.25) is 0 Å². The lowest BCUT2D eigenvalue weighted by Crippen LogP contribution is -2.01. The average Bonchev–Trinajstić information content (AvgIpc) is 2.46. The van der Waals surface area contributed by atoms with E-state index in [0.29, 0.717) is 5.69 Å². The van der Waals surface area contributed by atoms with Crippen molar-refractivity contribution < 1.29 is 9.90 Å². The van der Waals surface area contributed by atoms with E-state index in [1.165, 1.54) is 12.1 Å². The number of hydrogen-bond acceptors (Lipinski definition) is 4. The third kappa shape index (κ3) is 3.38. The van der Waals surface area contributed by atoms with Crippen LogP contribution in [0.4, 0.5) is 5.69 Å². The molecule has 2 rings (SSSR count). The third-order valence-corrected chi connectivity index (χ3v) is 2.56. The molecule has 5 heteroatoms. The van der Waals surface area contributed by atoms with E-state index in [1.54, 1.807) is 24.5 Å². The number of carboxylic acid groups (broad SMARTS) is 1. The van der Waals surface area contributed by atoms with E-state index in [2.05, 4.69) is 15.5 Å². The van der Waals surface area contributed by atoms with Gasteiger partial charge in [-0.1, -0.05) is 6.07 Å². The Hall–Kier alpha value is -2.69. The molecule has 0 aliphatic carbocycles. The van der Waals surface area contributed by atoms with Crippen molar-refractivity contribution in [3.05, 3.63) is 59.9 Å². The number of nitrogens with zero attached hydrogens (tertiary/aromatic N) is 2. The molecule has 0 spiro atoms. The van der Waals surface area contributed by atoms with E-state index in [0.717, 1.165) is 11.3 Å². The van der Waals surface area contributed by atoms with Crippen LogP contribution < -0.4 is 5.43 Å². The highest BCUT2D eigenvalue weighted by Crippen LogP contribution is 2.11. The second-order valence-corrected chi connectivity index (χ2v) is 3.93. The number of aromatic nitrogens is 1. The number of hydrogen-bond donors (Lipinski definition) is 2. The molecule has 5 nitrogen and oxygen atoms in total. The minimum atomic E-state index is -0.960. The molecule has 1 aromatic heterocycles. The summed E-state index contributed by atoms with van der Waals surface area (Å²) in [6, 6.07) is 10.2. The summed E-state index contributed by atoms with van der Waals surface area (Å²) < 4.78 is 0. The molecule has 0 fully saturated rings. The van der Waals surface area contributed by atoms with Gasteiger partial charge in [0.1, 0.15) is 0 Å². The summed E-state index contributed by atoms with van der Waals surface area (Å²) >= 11 is 0. The Morgan fingerprint density at radius 2 is 1.95 bits per heavy atom. The highest BCUT2D eigenvalue weighted by molar-refractivity contribution is 5.99. The maximum atomic E-state index is 10.8. The van der Waals surface area contributed by atoms with Crippen LogP contribution in [0.15, 0.2) is 53.9 Å². The van der Waals surface area contributed by atoms with Gasteiger partial charge in [0.15, 0.2) is 0 Å². The van der Waals surface area contributed by atoms with E-state index in [1.807, 2.05) is 19.1 Å². The summed E-state index contributed by atoms with van der Waals surface area (Å²) in [7, 11) is 0. The highest BCUT2D eigenvalue weighted by Gasteiger charge is 2.02. The first-order valence-electron chi connectivity index (χ1n) is 5.71. The molecular weight excluding hydrogens is 242 g/mol. The molecule has 0 saturated heterocycles. The monoisotopic (exact) mass is 255 g/mol. The van der Waals surface area contributed by atoms with Crippen LogP contribution in [0.1, 0.15) is 22.8 Å². The SMILES string of the molecule is C/C(=N\Nc1cccc(C(=O)O)c1)c1ccncc1. The average molecular weight is 255 g/mol. The molecule has 0 bridgehead atoms. The lowest BCUT2D eigenvalue weighted by Gasteiger charge is -2.04. The van der Waals surface area contributed by atoms with Gasteiger partial charge >= 0.3 is 5.97 Å². The van der Waals surface area contributed by atoms with Gasteiger partial charge in [-0.15, -0.1) is 0 Å². The van der Waals surface area contributed by atoms with Crippen LogP contribution in [0, 0.1) is 0 Å². The number of pyridine rings is 1. The largest absolute Gasteiger partial charge is 0.478 e. The van der Waals surface area contributed by atoms with Gasteiger partial charge in [0.2, 0.25) is 0 Å². The van der Waals surface area contributed by atoms with Crippen LogP contribution in [0.5, 0.6) is 0 Å².